The van der Waals surface area contributed by atoms with Gasteiger partial charge in [-0.2, -0.15) is 0 Å². The number of hydrogen-bond donors (Lipinski definition) is 1. The number of Topliss-reactive ketones (excluding diaryl/α,β-unsaturated/α-hetero) is 1. The van der Waals surface area contributed by atoms with Crippen LogP contribution in [0.3, 0.4) is 0 Å². The molecule has 0 saturated carbocycles. The van der Waals surface area contributed by atoms with Gasteiger partial charge in [0.25, 0.3) is 0 Å². The number of halogens is 1. The van der Waals surface area contributed by atoms with Gasteiger partial charge in [0.2, 0.25) is 4.93 Å². The van der Waals surface area contributed by atoms with Crippen molar-refractivity contribution >= 4 is 17.5 Å². The Morgan fingerprint density at radius 2 is 1.52 bits per heavy atom. The molecule has 1 aliphatic rings. The summed E-state index contributed by atoms with van der Waals surface area (Å²) < 4.78 is 36.9. The molecule has 0 aromatic heterocycles. The number of aliphatic hydroxyl groups is 1. The van der Waals surface area contributed by atoms with E-state index in [2.05, 4.69) is 0 Å². The zero-order valence-corrected chi connectivity index (χ0v) is 18.6. The van der Waals surface area contributed by atoms with E-state index in [0.29, 0.717) is 12.4 Å². The molecule has 2 aromatic carbocycles. The fourth-order valence-electron chi connectivity index (χ4n) is 3.30. The molecular formula is C23H27FO6S. The van der Waals surface area contributed by atoms with E-state index in [9.17, 15) is 9.90 Å². The average Bonchev–Trinajstić information content (AvgIpc) is 3.03. The maximum atomic E-state index is 15.1. The minimum Gasteiger partial charge on any atom is -0.497 e. The third-order valence-electron chi connectivity index (χ3n) is 5.18. The lowest BCUT2D eigenvalue weighted by Gasteiger charge is -2.23. The highest BCUT2D eigenvalue weighted by Gasteiger charge is 2.58. The fourth-order valence-corrected chi connectivity index (χ4v) is 4.71. The Labute approximate surface area is 185 Å². The van der Waals surface area contributed by atoms with Gasteiger partial charge < -0.3 is 24.1 Å². The number of benzene rings is 2. The van der Waals surface area contributed by atoms with Gasteiger partial charge in [-0.15, -0.1) is 11.8 Å². The topological polar surface area (TPSA) is 74.2 Å². The number of hydrogen-bond acceptors (Lipinski definition) is 7. The molecular weight excluding hydrogens is 423 g/mol. The molecule has 6 nitrogen and oxygen atoms in total. The van der Waals surface area contributed by atoms with Crippen LogP contribution in [-0.2, 0) is 27.5 Å². The highest BCUT2D eigenvalue weighted by atomic mass is 32.2. The van der Waals surface area contributed by atoms with Crippen LogP contribution in [0, 0.1) is 0 Å². The standard InChI is InChI=1S/C23H27FO6S/c1-15(25)23(26)22(24)21(30-13-17-6-10-19(28-3)11-7-17)20(31-23)14-29-12-16-4-8-18(27-2)9-5-16/h4-11,20-22,26H,12-14H2,1-3H3/t20-,21-,22+,23?/m1/s1. The Bertz CT molecular complexity index is 859. The lowest BCUT2D eigenvalue weighted by Crippen LogP contribution is -2.44. The van der Waals surface area contributed by atoms with Crippen molar-refractivity contribution in [3.63, 3.8) is 0 Å². The molecule has 8 heteroatoms. The molecule has 1 fully saturated rings. The molecule has 31 heavy (non-hydrogen) atoms. The van der Waals surface area contributed by atoms with Crippen LogP contribution in [0.2, 0.25) is 0 Å². The second-order valence-electron chi connectivity index (χ2n) is 7.30. The molecule has 1 saturated heterocycles. The number of carbonyl (C=O) groups excluding carboxylic acids is 1. The Kier molecular flexibility index (Phi) is 7.94. The summed E-state index contributed by atoms with van der Waals surface area (Å²) in [5.41, 5.74) is 1.76. The predicted octanol–water partition coefficient (Wildman–Crippen LogP) is 3.54. The lowest BCUT2D eigenvalue weighted by molar-refractivity contribution is -0.136. The van der Waals surface area contributed by atoms with Crippen LogP contribution in [-0.4, -0.2) is 54.2 Å². The van der Waals surface area contributed by atoms with Crippen LogP contribution in [0.1, 0.15) is 18.1 Å². The van der Waals surface area contributed by atoms with Gasteiger partial charge in [-0.25, -0.2) is 4.39 Å². The molecule has 1 heterocycles. The van der Waals surface area contributed by atoms with Crippen molar-refractivity contribution < 1.29 is 33.2 Å². The van der Waals surface area contributed by atoms with Crippen molar-refractivity contribution in [2.45, 2.75) is 42.6 Å². The summed E-state index contributed by atoms with van der Waals surface area (Å²) in [5.74, 6) is 0.814. The zero-order valence-electron chi connectivity index (χ0n) is 17.7. The molecule has 168 valence electrons. The highest BCUT2D eigenvalue weighted by molar-refractivity contribution is 8.02. The quantitative estimate of drug-likeness (QED) is 0.594. The molecule has 2 aromatic rings. The van der Waals surface area contributed by atoms with Gasteiger partial charge in [-0.05, 0) is 42.3 Å². The van der Waals surface area contributed by atoms with Gasteiger partial charge in [-0.3, -0.25) is 4.79 Å². The van der Waals surface area contributed by atoms with Gasteiger partial charge in [0.05, 0.1) is 39.3 Å². The van der Waals surface area contributed by atoms with Crippen molar-refractivity contribution in [3.8, 4) is 11.5 Å². The second-order valence-corrected chi connectivity index (χ2v) is 8.76. The summed E-state index contributed by atoms with van der Waals surface area (Å²) >= 11 is 0.861. The number of alkyl halides is 1. The zero-order chi connectivity index (χ0) is 22.4. The first-order chi connectivity index (χ1) is 14.9. The molecule has 1 N–H and O–H groups in total. The van der Waals surface area contributed by atoms with E-state index in [4.69, 9.17) is 18.9 Å². The second kappa shape index (κ2) is 10.5. The third kappa shape index (κ3) is 5.57. The predicted molar refractivity (Wildman–Crippen MR) is 116 cm³/mol. The highest BCUT2D eigenvalue weighted by Crippen LogP contribution is 2.46. The summed E-state index contributed by atoms with van der Waals surface area (Å²) in [6.45, 7) is 1.75. The van der Waals surface area contributed by atoms with Crippen molar-refractivity contribution in [1.29, 1.82) is 0 Å². The van der Waals surface area contributed by atoms with Crippen LogP contribution in [0.5, 0.6) is 11.5 Å². The number of thioether (sulfide) groups is 1. The lowest BCUT2D eigenvalue weighted by atomic mass is 10.0. The van der Waals surface area contributed by atoms with Crippen LogP contribution < -0.4 is 9.47 Å². The van der Waals surface area contributed by atoms with Gasteiger partial charge in [0.1, 0.15) is 17.6 Å². The molecule has 3 rings (SSSR count). The van der Waals surface area contributed by atoms with E-state index in [1.807, 2.05) is 36.4 Å². The van der Waals surface area contributed by atoms with E-state index in [1.54, 1.807) is 26.4 Å². The minimum atomic E-state index is -2.14. The number of methoxy groups -OCH3 is 2. The SMILES string of the molecule is COc1ccc(COC[C@H]2SC(O)(C(C)=O)[C@@H](F)[C@@H]2OCc2ccc(OC)cc2)cc1. The van der Waals surface area contributed by atoms with Crippen LogP contribution >= 0.6 is 11.8 Å². The van der Waals surface area contributed by atoms with E-state index >= 15 is 4.39 Å². The Morgan fingerprint density at radius 3 is 2.00 bits per heavy atom. The van der Waals surface area contributed by atoms with Crippen LogP contribution in [0.4, 0.5) is 4.39 Å². The van der Waals surface area contributed by atoms with Crippen molar-refractivity contribution in [2.24, 2.45) is 0 Å². The summed E-state index contributed by atoms with van der Waals surface area (Å²) in [4.78, 5) is 9.80. The largest absolute Gasteiger partial charge is 0.497 e. The summed E-state index contributed by atoms with van der Waals surface area (Å²) in [6, 6.07) is 14.6. The molecule has 0 spiro atoms. The number of ether oxygens (including phenoxy) is 4. The molecule has 1 unspecified atom stereocenters. The average molecular weight is 451 g/mol. The first-order valence-corrected chi connectivity index (χ1v) is 10.8. The molecule has 4 atom stereocenters. The number of ketones is 1. The summed E-state index contributed by atoms with van der Waals surface area (Å²) in [7, 11) is 3.17. The van der Waals surface area contributed by atoms with Gasteiger partial charge in [0, 0.05) is 0 Å². The maximum absolute atomic E-state index is 15.1. The van der Waals surface area contributed by atoms with Gasteiger partial charge in [-0.1, -0.05) is 24.3 Å². The summed E-state index contributed by atoms with van der Waals surface area (Å²) in [5, 5.41) is 10.0. The Hall–Kier alpha value is -2.13. The Morgan fingerprint density at radius 1 is 1.00 bits per heavy atom. The van der Waals surface area contributed by atoms with Gasteiger partial charge in [0.15, 0.2) is 12.0 Å². The van der Waals surface area contributed by atoms with Crippen LogP contribution in [0.25, 0.3) is 0 Å². The van der Waals surface area contributed by atoms with E-state index in [-0.39, 0.29) is 13.2 Å². The smallest absolute Gasteiger partial charge is 0.203 e. The molecule has 1 aliphatic heterocycles. The first kappa shape index (κ1) is 23.5. The molecule has 0 amide bonds. The third-order valence-corrected chi connectivity index (χ3v) is 6.75. The molecule has 0 bridgehead atoms. The Balaban J connectivity index is 1.63. The number of carbonyl (C=O) groups is 1. The van der Waals surface area contributed by atoms with E-state index in [0.717, 1.165) is 28.6 Å². The number of rotatable bonds is 10. The van der Waals surface area contributed by atoms with Crippen molar-refractivity contribution in [1.82, 2.24) is 0 Å². The van der Waals surface area contributed by atoms with E-state index in [1.165, 1.54) is 6.92 Å². The monoisotopic (exact) mass is 450 g/mol. The normalized spacial score (nSPS) is 25.4. The summed E-state index contributed by atoms with van der Waals surface area (Å²) in [6.07, 6.45) is -2.85. The molecule has 0 radical (unpaired) electrons. The fraction of sp³-hybridized carbons (Fsp3) is 0.435. The first-order valence-electron chi connectivity index (χ1n) is 9.88. The van der Waals surface area contributed by atoms with E-state index < -0.39 is 28.2 Å². The van der Waals surface area contributed by atoms with Crippen molar-refractivity contribution in [3.05, 3.63) is 59.7 Å². The van der Waals surface area contributed by atoms with Crippen molar-refractivity contribution in [2.75, 3.05) is 20.8 Å². The maximum Gasteiger partial charge on any atom is 0.203 e. The minimum absolute atomic E-state index is 0.125. The van der Waals surface area contributed by atoms with Gasteiger partial charge >= 0.3 is 0 Å². The molecule has 0 aliphatic carbocycles. The van der Waals surface area contributed by atoms with Crippen LogP contribution in [0.15, 0.2) is 48.5 Å².